The van der Waals surface area contributed by atoms with E-state index in [2.05, 4.69) is 10.3 Å². The summed E-state index contributed by atoms with van der Waals surface area (Å²) in [7, 11) is 0. The summed E-state index contributed by atoms with van der Waals surface area (Å²) in [4.78, 5) is 26.4. The smallest absolute Gasteiger partial charge is 0.355 e. The fourth-order valence-corrected chi connectivity index (χ4v) is 2.41. The van der Waals surface area contributed by atoms with Gasteiger partial charge in [-0.05, 0) is 24.3 Å². The van der Waals surface area contributed by atoms with Crippen molar-refractivity contribution in [1.82, 2.24) is 10.3 Å². The molecule has 104 valence electrons. The molecule has 0 aliphatic carbocycles. The summed E-state index contributed by atoms with van der Waals surface area (Å²) < 4.78 is 0. The Balaban J connectivity index is 1.84. The minimum atomic E-state index is -1.04. The lowest BCUT2D eigenvalue weighted by atomic mass is 10.2. The van der Waals surface area contributed by atoms with E-state index in [1.165, 1.54) is 16.7 Å². The quantitative estimate of drug-likeness (QED) is 0.889. The van der Waals surface area contributed by atoms with E-state index in [9.17, 15) is 9.59 Å². The van der Waals surface area contributed by atoms with Gasteiger partial charge in [0.25, 0.3) is 5.91 Å². The zero-order valence-corrected chi connectivity index (χ0v) is 11.9. The number of thiazole rings is 1. The number of nitrogens with zero attached hydrogens (tertiary/aromatic N) is 1. The lowest BCUT2D eigenvalue weighted by Crippen LogP contribution is -2.25. The van der Waals surface area contributed by atoms with Crippen molar-refractivity contribution >= 4 is 34.8 Å². The standard InChI is InChI=1S/C13H11ClN2O3S/c14-9-3-1-8(2-4-9)12(17)15-6-5-11-16-10(7-20-11)13(18)19/h1-4,7H,5-6H2,(H,15,17)(H,18,19). The Labute approximate surface area is 124 Å². The molecule has 2 rings (SSSR count). The number of halogens is 1. The molecule has 7 heteroatoms. The third kappa shape index (κ3) is 3.79. The van der Waals surface area contributed by atoms with Crippen molar-refractivity contribution in [3.63, 3.8) is 0 Å². The van der Waals surface area contributed by atoms with Crippen molar-refractivity contribution in [1.29, 1.82) is 0 Å². The lowest BCUT2D eigenvalue weighted by Gasteiger charge is -2.03. The molecule has 20 heavy (non-hydrogen) atoms. The molecule has 2 aromatic rings. The highest BCUT2D eigenvalue weighted by molar-refractivity contribution is 7.09. The summed E-state index contributed by atoms with van der Waals surface area (Å²) in [6.45, 7) is 0.397. The molecule has 0 saturated heterocycles. The van der Waals surface area contributed by atoms with E-state index in [-0.39, 0.29) is 11.6 Å². The summed E-state index contributed by atoms with van der Waals surface area (Å²) in [5, 5.41) is 14.2. The first-order chi connectivity index (χ1) is 9.56. The number of carboxylic acid groups (broad SMARTS) is 1. The maximum atomic E-state index is 11.8. The number of amides is 1. The predicted octanol–water partition coefficient (Wildman–Crippen LogP) is 2.47. The van der Waals surface area contributed by atoms with E-state index in [1.807, 2.05) is 0 Å². The number of hydrogen-bond acceptors (Lipinski definition) is 4. The van der Waals surface area contributed by atoms with Gasteiger partial charge in [0, 0.05) is 28.9 Å². The molecule has 0 atom stereocenters. The van der Waals surface area contributed by atoms with E-state index in [0.29, 0.717) is 28.6 Å². The van der Waals surface area contributed by atoms with Crippen molar-refractivity contribution in [3.05, 3.63) is 50.9 Å². The number of aromatic nitrogens is 1. The predicted molar refractivity (Wildman–Crippen MR) is 76.6 cm³/mol. The molecule has 0 unspecified atom stereocenters. The van der Waals surface area contributed by atoms with Crippen LogP contribution in [0.1, 0.15) is 25.9 Å². The van der Waals surface area contributed by atoms with Crippen LogP contribution in [0.5, 0.6) is 0 Å². The molecule has 1 amide bonds. The summed E-state index contributed by atoms with van der Waals surface area (Å²) in [5.41, 5.74) is 0.564. The highest BCUT2D eigenvalue weighted by Crippen LogP contribution is 2.11. The van der Waals surface area contributed by atoms with Gasteiger partial charge in [0.2, 0.25) is 0 Å². The molecule has 0 aliphatic heterocycles. The van der Waals surface area contributed by atoms with Crippen LogP contribution in [0, 0.1) is 0 Å². The lowest BCUT2D eigenvalue weighted by molar-refractivity contribution is 0.0690. The van der Waals surface area contributed by atoms with Gasteiger partial charge < -0.3 is 10.4 Å². The topological polar surface area (TPSA) is 79.3 Å². The van der Waals surface area contributed by atoms with Crippen LogP contribution in [0.4, 0.5) is 0 Å². The third-order valence-corrected chi connectivity index (χ3v) is 3.66. The number of hydrogen-bond donors (Lipinski definition) is 2. The monoisotopic (exact) mass is 310 g/mol. The van der Waals surface area contributed by atoms with E-state index in [0.717, 1.165) is 0 Å². The van der Waals surface area contributed by atoms with Crippen LogP contribution >= 0.6 is 22.9 Å². The van der Waals surface area contributed by atoms with Crippen molar-refractivity contribution < 1.29 is 14.7 Å². The highest BCUT2D eigenvalue weighted by Gasteiger charge is 2.09. The van der Waals surface area contributed by atoms with Gasteiger partial charge in [-0.15, -0.1) is 11.3 Å². The van der Waals surface area contributed by atoms with Crippen LogP contribution in [0.25, 0.3) is 0 Å². The number of carboxylic acids is 1. The van der Waals surface area contributed by atoms with E-state index in [4.69, 9.17) is 16.7 Å². The van der Waals surface area contributed by atoms with Crippen molar-refractivity contribution in [3.8, 4) is 0 Å². The molecular formula is C13H11ClN2O3S. The molecule has 1 aromatic heterocycles. The van der Waals surface area contributed by atoms with Gasteiger partial charge in [-0.25, -0.2) is 9.78 Å². The van der Waals surface area contributed by atoms with Crippen molar-refractivity contribution in [2.45, 2.75) is 6.42 Å². The molecule has 0 saturated carbocycles. The van der Waals surface area contributed by atoms with Crippen molar-refractivity contribution in [2.24, 2.45) is 0 Å². The maximum absolute atomic E-state index is 11.8. The first-order valence-corrected chi connectivity index (χ1v) is 7.03. The number of carbonyl (C=O) groups excluding carboxylic acids is 1. The zero-order chi connectivity index (χ0) is 14.5. The Morgan fingerprint density at radius 1 is 1.30 bits per heavy atom. The largest absolute Gasteiger partial charge is 0.476 e. The van der Waals surface area contributed by atoms with E-state index >= 15 is 0 Å². The Bertz CT molecular complexity index is 625. The Kier molecular flexibility index (Phi) is 4.70. The second-order valence-electron chi connectivity index (χ2n) is 3.94. The second-order valence-corrected chi connectivity index (χ2v) is 5.32. The molecular weight excluding hydrogens is 300 g/mol. The normalized spacial score (nSPS) is 10.2. The molecule has 0 spiro atoms. The van der Waals surface area contributed by atoms with E-state index < -0.39 is 5.97 Å². The average molecular weight is 311 g/mol. The van der Waals surface area contributed by atoms with E-state index in [1.54, 1.807) is 24.3 Å². The van der Waals surface area contributed by atoms with Gasteiger partial charge in [0.05, 0.1) is 5.01 Å². The molecule has 2 N–H and O–H groups in total. The molecule has 1 aromatic carbocycles. The van der Waals surface area contributed by atoms with Gasteiger partial charge in [0.15, 0.2) is 5.69 Å². The van der Waals surface area contributed by atoms with Crippen LogP contribution in [-0.2, 0) is 6.42 Å². The van der Waals surface area contributed by atoms with Gasteiger partial charge >= 0.3 is 5.97 Å². The minimum absolute atomic E-state index is 0.0361. The number of benzene rings is 1. The van der Waals surface area contributed by atoms with Crippen LogP contribution in [-0.4, -0.2) is 28.5 Å². The summed E-state index contributed by atoms with van der Waals surface area (Å²) in [5.74, 6) is -1.24. The minimum Gasteiger partial charge on any atom is -0.476 e. The molecule has 1 heterocycles. The summed E-state index contributed by atoms with van der Waals surface area (Å²) in [6.07, 6.45) is 0.497. The highest BCUT2D eigenvalue weighted by atomic mass is 35.5. The number of aromatic carboxylic acids is 1. The first kappa shape index (κ1) is 14.5. The molecule has 0 bridgehead atoms. The first-order valence-electron chi connectivity index (χ1n) is 5.78. The van der Waals surface area contributed by atoms with Crippen LogP contribution < -0.4 is 5.32 Å². The van der Waals surface area contributed by atoms with Gasteiger partial charge in [0.1, 0.15) is 0 Å². The molecule has 0 fully saturated rings. The van der Waals surface area contributed by atoms with Crippen LogP contribution in [0.2, 0.25) is 5.02 Å². The zero-order valence-electron chi connectivity index (χ0n) is 10.3. The maximum Gasteiger partial charge on any atom is 0.355 e. The fraction of sp³-hybridized carbons (Fsp3) is 0.154. The number of rotatable bonds is 5. The number of nitrogens with one attached hydrogen (secondary N) is 1. The SMILES string of the molecule is O=C(NCCc1nc(C(=O)O)cs1)c1ccc(Cl)cc1. The second kappa shape index (κ2) is 6.49. The number of carbonyl (C=O) groups is 2. The fourth-order valence-electron chi connectivity index (χ4n) is 1.51. The third-order valence-electron chi connectivity index (χ3n) is 2.50. The molecule has 0 radical (unpaired) electrons. The molecule has 5 nitrogen and oxygen atoms in total. The Morgan fingerprint density at radius 2 is 2.00 bits per heavy atom. The Morgan fingerprint density at radius 3 is 2.60 bits per heavy atom. The summed E-state index contributed by atoms with van der Waals surface area (Å²) in [6, 6.07) is 6.58. The van der Waals surface area contributed by atoms with Crippen LogP contribution in [0.3, 0.4) is 0 Å². The Hall–Kier alpha value is -1.92. The van der Waals surface area contributed by atoms with Crippen LogP contribution in [0.15, 0.2) is 29.6 Å². The van der Waals surface area contributed by atoms with Gasteiger partial charge in [-0.1, -0.05) is 11.6 Å². The molecule has 0 aliphatic rings. The average Bonchev–Trinajstić information content (AvgIpc) is 2.88. The summed E-state index contributed by atoms with van der Waals surface area (Å²) >= 11 is 7.01. The van der Waals surface area contributed by atoms with Gasteiger partial charge in [-0.3, -0.25) is 4.79 Å². The van der Waals surface area contributed by atoms with Gasteiger partial charge in [-0.2, -0.15) is 0 Å². The van der Waals surface area contributed by atoms with Crippen molar-refractivity contribution in [2.75, 3.05) is 6.54 Å².